The van der Waals surface area contributed by atoms with E-state index in [1.165, 1.54) is 15.0 Å². The van der Waals surface area contributed by atoms with Crippen LogP contribution in [0, 0.1) is 0 Å². The van der Waals surface area contributed by atoms with Crippen molar-refractivity contribution in [2.75, 3.05) is 6.54 Å². The first-order valence-corrected chi connectivity index (χ1v) is 7.82. The van der Waals surface area contributed by atoms with Crippen molar-refractivity contribution in [2.24, 2.45) is 7.05 Å². The maximum atomic E-state index is 4.21. The van der Waals surface area contributed by atoms with Crippen LogP contribution in [0.1, 0.15) is 30.0 Å². The molecular weight excluding hydrogens is 310 g/mol. The first-order valence-electron chi connectivity index (χ1n) is 6.15. The molecule has 2 rings (SSSR count). The van der Waals surface area contributed by atoms with E-state index in [-0.39, 0.29) is 0 Å². The van der Waals surface area contributed by atoms with Gasteiger partial charge in [-0.25, -0.2) is 0 Å². The molecule has 1 N–H and O–H groups in total. The molecule has 0 saturated heterocycles. The molecule has 0 amide bonds. The van der Waals surface area contributed by atoms with Crippen molar-refractivity contribution in [1.82, 2.24) is 15.1 Å². The van der Waals surface area contributed by atoms with Gasteiger partial charge in [-0.15, -0.1) is 11.3 Å². The lowest BCUT2D eigenvalue weighted by Gasteiger charge is -2.17. The lowest BCUT2D eigenvalue weighted by Crippen LogP contribution is -2.21. The smallest absolute Gasteiger partial charge is 0.0492 e. The molecule has 0 bridgehead atoms. The van der Waals surface area contributed by atoms with Crippen LogP contribution in [0.4, 0.5) is 0 Å². The Morgan fingerprint density at radius 2 is 2.33 bits per heavy atom. The molecule has 3 nitrogen and oxygen atoms in total. The highest BCUT2D eigenvalue weighted by Crippen LogP contribution is 2.31. The Hall–Kier alpha value is -0.650. The molecule has 0 aliphatic carbocycles. The first kappa shape index (κ1) is 13.8. The fourth-order valence-corrected chi connectivity index (χ4v) is 3.83. The molecule has 1 unspecified atom stereocenters. The largest absolute Gasteiger partial charge is 0.309 e. The van der Waals surface area contributed by atoms with Gasteiger partial charge < -0.3 is 5.32 Å². The molecule has 0 aliphatic rings. The Bertz CT molecular complexity index is 492. The SMILES string of the molecule is CCNC(CCc1ccnn1C)c1sccc1Br. The van der Waals surface area contributed by atoms with Crippen LogP contribution in [0.15, 0.2) is 28.2 Å². The van der Waals surface area contributed by atoms with Crippen LogP contribution < -0.4 is 5.32 Å². The topological polar surface area (TPSA) is 29.9 Å². The van der Waals surface area contributed by atoms with E-state index >= 15 is 0 Å². The highest BCUT2D eigenvalue weighted by molar-refractivity contribution is 9.10. The molecular formula is C13H18BrN3S. The molecule has 98 valence electrons. The van der Waals surface area contributed by atoms with Gasteiger partial charge in [-0.2, -0.15) is 5.10 Å². The third kappa shape index (κ3) is 3.22. The van der Waals surface area contributed by atoms with E-state index in [4.69, 9.17) is 0 Å². The van der Waals surface area contributed by atoms with Crippen LogP contribution in [0.3, 0.4) is 0 Å². The maximum absolute atomic E-state index is 4.21. The van der Waals surface area contributed by atoms with Gasteiger partial charge in [0.05, 0.1) is 0 Å². The van der Waals surface area contributed by atoms with Crippen molar-refractivity contribution >= 4 is 27.3 Å². The number of hydrogen-bond acceptors (Lipinski definition) is 3. The van der Waals surface area contributed by atoms with Crippen molar-refractivity contribution in [3.8, 4) is 0 Å². The van der Waals surface area contributed by atoms with E-state index in [1.54, 1.807) is 0 Å². The van der Waals surface area contributed by atoms with Crippen LogP contribution in [0.2, 0.25) is 0 Å². The second kappa shape index (κ2) is 6.50. The lowest BCUT2D eigenvalue weighted by molar-refractivity contribution is 0.511. The molecule has 1 atom stereocenters. The number of thiophene rings is 1. The summed E-state index contributed by atoms with van der Waals surface area (Å²) in [6.07, 6.45) is 3.99. The van der Waals surface area contributed by atoms with Gasteiger partial charge >= 0.3 is 0 Å². The second-order valence-corrected chi connectivity index (χ2v) is 6.03. The van der Waals surface area contributed by atoms with Crippen LogP contribution in [-0.2, 0) is 13.5 Å². The van der Waals surface area contributed by atoms with E-state index < -0.39 is 0 Å². The quantitative estimate of drug-likeness (QED) is 0.879. The summed E-state index contributed by atoms with van der Waals surface area (Å²) < 4.78 is 3.16. The Labute approximate surface area is 120 Å². The minimum Gasteiger partial charge on any atom is -0.309 e. The van der Waals surface area contributed by atoms with Crippen LogP contribution >= 0.6 is 27.3 Å². The van der Waals surface area contributed by atoms with Gasteiger partial charge in [0, 0.05) is 34.3 Å². The predicted molar refractivity (Wildman–Crippen MR) is 80.0 cm³/mol. The number of hydrogen-bond donors (Lipinski definition) is 1. The summed E-state index contributed by atoms with van der Waals surface area (Å²) in [4.78, 5) is 1.39. The third-order valence-corrected chi connectivity index (χ3v) is 5.01. The maximum Gasteiger partial charge on any atom is 0.0492 e. The molecule has 0 spiro atoms. The summed E-state index contributed by atoms with van der Waals surface area (Å²) in [5.74, 6) is 0. The van der Waals surface area contributed by atoms with Crippen molar-refractivity contribution in [1.29, 1.82) is 0 Å². The monoisotopic (exact) mass is 327 g/mol. The Morgan fingerprint density at radius 1 is 1.50 bits per heavy atom. The summed E-state index contributed by atoms with van der Waals surface area (Å²) in [5.41, 5.74) is 1.28. The Morgan fingerprint density at radius 3 is 2.89 bits per heavy atom. The van der Waals surface area contributed by atoms with Gasteiger partial charge in [0.25, 0.3) is 0 Å². The van der Waals surface area contributed by atoms with E-state index in [9.17, 15) is 0 Å². The normalized spacial score (nSPS) is 12.8. The van der Waals surface area contributed by atoms with E-state index in [0.717, 1.165) is 19.4 Å². The first-order chi connectivity index (χ1) is 8.72. The minimum atomic E-state index is 0.416. The summed E-state index contributed by atoms with van der Waals surface area (Å²) in [6.45, 7) is 3.14. The second-order valence-electron chi connectivity index (χ2n) is 4.23. The lowest BCUT2D eigenvalue weighted by atomic mass is 10.1. The fraction of sp³-hybridized carbons (Fsp3) is 0.462. The number of rotatable bonds is 6. The fourth-order valence-electron chi connectivity index (χ4n) is 2.07. The van der Waals surface area contributed by atoms with Gasteiger partial charge in [0.2, 0.25) is 0 Å². The van der Waals surface area contributed by atoms with Gasteiger partial charge in [-0.05, 0) is 52.8 Å². The number of aromatic nitrogens is 2. The molecule has 0 aromatic carbocycles. The Kier molecular flexibility index (Phi) is 4.97. The van der Waals surface area contributed by atoms with Crippen LogP contribution in [0.5, 0.6) is 0 Å². The molecule has 18 heavy (non-hydrogen) atoms. The number of aryl methyl sites for hydroxylation is 2. The number of nitrogens with one attached hydrogen (secondary N) is 1. The van der Waals surface area contributed by atoms with Crippen molar-refractivity contribution in [3.63, 3.8) is 0 Å². The van der Waals surface area contributed by atoms with Crippen LogP contribution in [0.25, 0.3) is 0 Å². The molecule has 2 aromatic heterocycles. The molecule has 2 heterocycles. The van der Waals surface area contributed by atoms with E-state index in [0.29, 0.717) is 6.04 Å². The van der Waals surface area contributed by atoms with Gasteiger partial charge in [0.15, 0.2) is 0 Å². The third-order valence-electron chi connectivity index (χ3n) is 3.02. The average molecular weight is 328 g/mol. The van der Waals surface area contributed by atoms with Gasteiger partial charge in [-0.1, -0.05) is 6.92 Å². The zero-order valence-electron chi connectivity index (χ0n) is 10.7. The van der Waals surface area contributed by atoms with Crippen molar-refractivity contribution < 1.29 is 0 Å². The number of nitrogens with zero attached hydrogens (tertiary/aromatic N) is 2. The summed E-state index contributed by atoms with van der Waals surface area (Å²) in [6, 6.07) is 4.63. The van der Waals surface area contributed by atoms with Gasteiger partial charge in [0.1, 0.15) is 0 Å². The summed E-state index contributed by atoms with van der Waals surface area (Å²) in [7, 11) is 2.00. The zero-order valence-corrected chi connectivity index (χ0v) is 13.1. The highest BCUT2D eigenvalue weighted by Gasteiger charge is 2.15. The average Bonchev–Trinajstić information content (AvgIpc) is 2.94. The van der Waals surface area contributed by atoms with Crippen LogP contribution in [-0.4, -0.2) is 16.3 Å². The molecule has 0 aliphatic heterocycles. The predicted octanol–water partition coefficient (Wildman–Crippen LogP) is 3.53. The van der Waals surface area contributed by atoms with Crippen molar-refractivity contribution in [3.05, 3.63) is 38.8 Å². The molecule has 0 saturated carbocycles. The van der Waals surface area contributed by atoms with Crippen molar-refractivity contribution in [2.45, 2.75) is 25.8 Å². The standard InChI is InChI=1S/C13H18BrN3S/c1-3-15-12(13-11(14)7-9-18-13)5-4-10-6-8-16-17(10)2/h6-9,12,15H,3-5H2,1-2H3. The zero-order chi connectivity index (χ0) is 13.0. The Balaban J connectivity index is 2.03. The highest BCUT2D eigenvalue weighted by atomic mass is 79.9. The molecule has 0 radical (unpaired) electrons. The summed E-state index contributed by atoms with van der Waals surface area (Å²) >= 11 is 5.43. The van der Waals surface area contributed by atoms with E-state index in [1.807, 2.05) is 29.3 Å². The minimum absolute atomic E-state index is 0.416. The summed E-state index contributed by atoms with van der Waals surface area (Å²) in [5, 5.41) is 9.90. The molecule has 5 heteroatoms. The molecule has 2 aromatic rings. The number of halogens is 1. The van der Waals surface area contributed by atoms with E-state index in [2.05, 4.69) is 50.8 Å². The van der Waals surface area contributed by atoms with Gasteiger partial charge in [-0.3, -0.25) is 4.68 Å². The molecule has 0 fully saturated rings.